The van der Waals surface area contributed by atoms with Crippen molar-refractivity contribution in [1.29, 1.82) is 0 Å². The van der Waals surface area contributed by atoms with E-state index < -0.39 is 5.97 Å². The van der Waals surface area contributed by atoms with Crippen LogP contribution in [0, 0.1) is 0 Å². The molecule has 2 rings (SSSR count). The van der Waals surface area contributed by atoms with E-state index in [0.29, 0.717) is 18.2 Å². The lowest BCUT2D eigenvalue weighted by atomic mass is 10.2. The lowest BCUT2D eigenvalue weighted by molar-refractivity contribution is 0.0690. The fourth-order valence-electron chi connectivity index (χ4n) is 1.54. The molecular formula is C13H13N3O2. The fraction of sp³-hybridized carbons (Fsp3) is 0.154. The molecule has 2 N–H and O–H groups in total. The maximum Gasteiger partial charge on any atom is 0.354 e. The van der Waals surface area contributed by atoms with Crippen LogP contribution in [0.1, 0.15) is 17.4 Å². The highest BCUT2D eigenvalue weighted by molar-refractivity contribution is 5.86. The molecule has 0 aliphatic heterocycles. The van der Waals surface area contributed by atoms with Gasteiger partial charge in [0.15, 0.2) is 11.5 Å². The van der Waals surface area contributed by atoms with Gasteiger partial charge in [-0.15, -0.1) is 0 Å². The highest BCUT2D eigenvalue weighted by atomic mass is 16.4. The zero-order valence-corrected chi connectivity index (χ0v) is 9.92. The van der Waals surface area contributed by atoms with Gasteiger partial charge in [0.25, 0.3) is 0 Å². The molecule has 0 radical (unpaired) electrons. The number of rotatable bonds is 4. The number of aromatic carboxylic acids is 1. The van der Waals surface area contributed by atoms with Crippen molar-refractivity contribution in [3.8, 4) is 11.4 Å². The molecule has 0 saturated heterocycles. The maximum atomic E-state index is 11.0. The molecule has 92 valence electrons. The summed E-state index contributed by atoms with van der Waals surface area (Å²) >= 11 is 0. The molecule has 0 spiro atoms. The largest absolute Gasteiger partial charge is 0.477 e. The molecule has 1 heterocycles. The average Bonchev–Trinajstić information content (AvgIpc) is 2.40. The highest BCUT2D eigenvalue weighted by Crippen LogP contribution is 2.17. The average molecular weight is 243 g/mol. The Morgan fingerprint density at radius 3 is 2.61 bits per heavy atom. The highest BCUT2D eigenvalue weighted by Gasteiger charge is 2.11. The van der Waals surface area contributed by atoms with Crippen LogP contribution in [-0.4, -0.2) is 27.6 Å². The molecule has 2 aromatic rings. The zero-order valence-electron chi connectivity index (χ0n) is 9.92. The number of hydrogen-bond donors (Lipinski definition) is 2. The first-order valence-corrected chi connectivity index (χ1v) is 5.62. The van der Waals surface area contributed by atoms with Gasteiger partial charge in [-0.1, -0.05) is 30.3 Å². The van der Waals surface area contributed by atoms with E-state index in [4.69, 9.17) is 5.11 Å². The monoisotopic (exact) mass is 243 g/mol. The van der Waals surface area contributed by atoms with Crippen LogP contribution in [-0.2, 0) is 0 Å². The minimum Gasteiger partial charge on any atom is -0.477 e. The van der Waals surface area contributed by atoms with Crippen LogP contribution in [0.15, 0.2) is 36.4 Å². The van der Waals surface area contributed by atoms with E-state index in [1.54, 1.807) is 0 Å². The third-order valence-corrected chi connectivity index (χ3v) is 2.34. The molecule has 0 aliphatic rings. The first kappa shape index (κ1) is 12.0. The fourth-order valence-corrected chi connectivity index (χ4v) is 1.54. The number of hydrogen-bond acceptors (Lipinski definition) is 4. The van der Waals surface area contributed by atoms with Crippen molar-refractivity contribution in [2.75, 3.05) is 11.9 Å². The van der Waals surface area contributed by atoms with Crippen molar-refractivity contribution in [2.24, 2.45) is 0 Å². The second kappa shape index (κ2) is 5.27. The van der Waals surface area contributed by atoms with Crippen molar-refractivity contribution in [3.05, 3.63) is 42.1 Å². The van der Waals surface area contributed by atoms with Gasteiger partial charge in [0.1, 0.15) is 5.82 Å². The summed E-state index contributed by atoms with van der Waals surface area (Å²) in [4.78, 5) is 19.3. The van der Waals surface area contributed by atoms with E-state index in [-0.39, 0.29) is 5.69 Å². The van der Waals surface area contributed by atoms with E-state index in [2.05, 4.69) is 15.3 Å². The zero-order chi connectivity index (χ0) is 13.0. The van der Waals surface area contributed by atoms with Gasteiger partial charge in [0.05, 0.1) is 0 Å². The van der Waals surface area contributed by atoms with Crippen molar-refractivity contribution in [2.45, 2.75) is 6.92 Å². The minimum absolute atomic E-state index is 0.0141. The number of carbonyl (C=O) groups is 1. The molecule has 5 nitrogen and oxygen atoms in total. The quantitative estimate of drug-likeness (QED) is 0.861. The Morgan fingerprint density at radius 1 is 1.28 bits per heavy atom. The van der Waals surface area contributed by atoms with Crippen molar-refractivity contribution >= 4 is 11.8 Å². The van der Waals surface area contributed by atoms with Gasteiger partial charge < -0.3 is 10.4 Å². The SMILES string of the molecule is CCNc1cc(C(=O)O)nc(-c2ccccc2)n1. The second-order valence-corrected chi connectivity index (χ2v) is 3.66. The van der Waals surface area contributed by atoms with Crippen LogP contribution < -0.4 is 5.32 Å². The molecule has 0 saturated carbocycles. The van der Waals surface area contributed by atoms with Crippen LogP contribution in [0.3, 0.4) is 0 Å². The van der Waals surface area contributed by atoms with E-state index in [1.165, 1.54) is 6.07 Å². The minimum atomic E-state index is -1.06. The number of carboxylic acids is 1. The van der Waals surface area contributed by atoms with E-state index in [0.717, 1.165) is 5.56 Å². The summed E-state index contributed by atoms with van der Waals surface area (Å²) in [6.07, 6.45) is 0. The molecular weight excluding hydrogens is 230 g/mol. The predicted molar refractivity (Wildman–Crippen MR) is 68.6 cm³/mol. The number of aromatic nitrogens is 2. The van der Waals surface area contributed by atoms with Gasteiger partial charge in [-0.3, -0.25) is 0 Å². The summed E-state index contributed by atoms with van der Waals surface area (Å²) in [6, 6.07) is 10.7. The Balaban J connectivity index is 2.50. The smallest absolute Gasteiger partial charge is 0.354 e. The van der Waals surface area contributed by atoms with Crippen LogP contribution in [0.2, 0.25) is 0 Å². The van der Waals surface area contributed by atoms with E-state index in [9.17, 15) is 4.79 Å². The van der Waals surface area contributed by atoms with Crippen LogP contribution in [0.4, 0.5) is 5.82 Å². The van der Waals surface area contributed by atoms with Gasteiger partial charge in [0, 0.05) is 18.2 Å². The second-order valence-electron chi connectivity index (χ2n) is 3.66. The summed E-state index contributed by atoms with van der Waals surface area (Å²) in [5.74, 6) is -0.135. The first-order valence-electron chi connectivity index (χ1n) is 5.62. The van der Waals surface area contributed by atoms with Crippen molar-refractivity contribution in [1.82, 2.24) is 9.97 Å². The summed E-state index contributed by atoms with van der Waals surface area (Å²) in [7, 11) is 0. The molecule has 1 aromatic heterocycles. The summed E-state index contributed by atoms with van der Waals surface area (Å²) in [5, 5.41) is 12.0. The Hall–Kier alpha value is -2.43. The topological polar surface area (TPSA) is 75.1 Å². The first-order chi connectivity index (χ1) is 8.70. The molecule has 0 unspecified atom stereocenters. The summed E-state index contributed by atoms with van der Waals surface area (Å²) in [5.41, 5.74) is 0.777. The summed E-state index contributed by atoms with van der Waals surface area (Å²) < 4.78 is 0. The molecule has 0 aliphatic carbocycles. The van der Waals surface area contributed by atoms with E-state index >= 15 is 0 Å². The van der Waals surface area contributed by atoms with Gasteiger partial charge in [0.2, 0.25) is 0 Å². The van der Waals surface area contributed by atoms with Crippen molar-refractivity contribution < 1.29 is 9.90 Å². The van der Waals surface area contributed by atoms with E-state index in [1.807, 2.05) is 37.3 Å². The standard InChI is InChI=1S/C13H13N3O2/c1-2-14-11-8-10(13(17)18)15-12(16-11)9-6-4-3-5-7-9/h3-8H,2H2,1H3,(H,17,18)(H,14,15,16). The van der Waals surface area contributed by atoms with Gasteiger partial charge in [-0.25, -0.2) is 14.8 Å². The maximum absolute atomic E-state index is 11.0. The van der Waals surface area contributed by atoms with Gasteiger partial charge in [-0.2, -0.15) is 0 Å². The Labute approximate surface area is 105 Å². The normalized spacial score (nSPS) is 10.1. The Morgan fingerprint density at radius 2 is 2.00 bits per heavy atom. The Bertz CT molecular complexity index is 555. The van der Waals surface area contributed by atoms with Crippen LogP contribution in [0.25, 0.3) is 11.4 Å². The molecule has 5 heteroatoms. The number of nitrogens with zero attached hydrogens (tertiary/aromatic N) is 2. The molecule has 0 amide bonds. The Kier molecular flexibility index (Phi) is 3.52. The molecule has 1 aromatic carbocycles. The summed E-state index contributed by atoms with van der Waals surface area (Å²) in [6.45, 7) is 2.59. The van der Waals surface area contributed by atoms with Gasteiger partial charge >= 0.3 is 5.97 Å². The molecule has 0 fully saturated rings. The number of nitrogens with one attached hydrogen (secondary N) is 1. The third-order valence-electron chi connectivity index (χ3n) is 2.34. The number of anilines is 1. The van der Waals surface area contributed by atoms with Crippen LogP contribution >= 0.6 is 0 Å². The lowest BCUT2D eigenvalue weighted by Gasteiger charge is -2.06. The predicted octanol–water partition coefficient (Wildman–Crippen LogP) is 2.27. The molecule has 0 atom stereocenters. The molecule has 18 heavy (non-hydrogen) atoms. The van der Waals surface area contributed by atoms with Crippen LogP contribution in [0.5, 0.6) is 0 Å². The van der Waals surface area contributed by atoms with Gasteiger partial charge in [-0.05, 0) is 6.92 Å². The molecule has 0 bridgehead atoms. The lowest BCUT2D eigenvalue weighted by Crippen LogP contribution is -2.07. The van der Waals surface area contributed by atoms with Crippen molar-refractivity contribution in [3.63, 3.8) is 0 Å². The number of carboxylic acid groups (broad SMARTS) is 1. The third kappa shape index (κ3) is 2.63. The number of benzene rings is 1.